The molecule has 0 atom stereocenters. The van der Waals surface area contributed by atoms with Crippen LogP contribution in [0.25, 0.3) is 22.3 Å². The Kier molecular flexibility index (Phi) is 7.88. The maximum atomic E-state index is 12.8. The van der Waals surface area contributed by atoms with Crippen LogP contribution in [-0.2, 0) is 10.2 Å². The zero-order valence-corrected chi connectivity index (χ0v) is 24.7. The summed E-state index contributed by atoms with van der Waals surface area (Å²) in [7, 11) is -0.229. The molecule has 2 fully saturated rings. The molecule has 1 aliphatic heterocycles. The second-order valence-electron chi connectivity index (χ2n) is 11.0. The van der Waals surface area contributed by atoms with Crippen LogP contribution < -0.4 is 19.9 Å². The van der Waals surface area contributed by atoms with Crippen molar-refractivity contribution in [2.75, 3.05) is 55.5 Å². The first-order valence-corrected chi connectivity index (χ1v) is 15.7. The molecular weight excluding hydrogens is 554 g/mol. The van der Waals surface area contributed by atoms with E-state index in [1.807, 2.05) is 10.7 Å². The van der Waals surface area contributed by atoms with E-state index in [0.29, 0.717) is 45.7 Å². The van der Waals surface area contributed by atoms with E-state index < -0.39 is 10.2 Å². The van der Waals surface area contributed by atoms with Gasteiger partial charge in [0, 0.05) is 37.8 Å². The zero-order chi connectivity index (χ0) is 29.3. The molecule has 4 N–H and O–H groups in total. The number of piperazine rings is 1. The maximum Gasteiger partial charge on any atom is 0.321 e. The van der Waals surface area contributed by atoms with Crippen molar-refractivity contribution >= 4 is 38.4 Å². The fraction of sp³-hybridized carbons (Fsp3) is 0.414. The normalized spacial score (nSPS) is 20.4. The van der Waals surface area contributed by atoms with E-state index in [2.05, 4.69) is 36.3 Å². The second-order valence-corrected chi connectivity index (χ2v) is 12.5. The fourth-order valence-electron chi connectivity index (χ4n) is 6.06. The highest BCUT2D eigenvalue weighted by molar-refractivity contribution is 7.94. The average Bonchev–Trinajstić information content (AvgIpc) is 3.39. The molecule has 0 bridgehead atoms. The molecule has 6 rings (SSSR count). The Morgan fingerprint density at radius 3 is 2.36 bits per heavy atom. The van der Waals surface area contributed by atoms with Gasteiger partial charge in [-0.15, -0.1) is 0 Å². The van der Waals surface area contributed by atoms with E-state index in [9.17, 15) is 8.42 Å². The molecule has 1 aliphatic carbocycles. The monoisotopic (exact) mass is 591 g/mol. The number of ether oxygens (including phenoxy) is 1. The molecule has 1 saturated carbocycles. The highest BCUT2D eigenvalue weighted by atomic mass is 32.2. The topological polar surface area (TPSA) is 144 Å². The molecule has 0 radical (unpaired) electrons. The third kappa shape index (κ3) is 5.85. The molecule has 0 spiro atoms. The van der Waals surface area contributed by atoms with E-state index in [0.717, 1.165) is 57.4 Å². The Balaban J connectivity index is 1.26. The number of methoxy groups -OCH3 is 1. The molecule has 222 valence electrons. The van der Waals surface area contributed by atoms with Crippen LogP contribution in [-0.4, -0.2) is 84.3 Å². The number of fused-ring (bicyclic) bond motifs is 1. The van der Waals surface area contributed by atoms with Gasteiger partial charge in [-0.3, -0.25) is 14.3 Å². The minimum absolute atomic E-state index is 0.205. The Labute approximate surface area is 246 Å². The first kappa shape index (κ1) is 28.2. The van der Waals surface area contributed by atoms with Crippen molar-refractivity contribution in [3.63, 3.8) is 0 Å². The van der Waals surface area contributed by atoms with Crippen molar-refractivity contribution in [1.29, 1.82) is 0 Å². The standard InChI is InChI=1S/C29H37N9O3S/c1-36-14-16-37(17-15-36)22-9-11-23(12-10-22)38-29-26(28(30)31-19-32-29)27(33-38)20-8-13-24(25(18-20)41-2)35-42(39,40)34-21-6-4-3-5-7-21/h3-8,13,18-19,22-23,34-35H,9-12,14-17H2,1-2H3,(H2,30,31,32). The number of para-hydroxylation sites is 1. The summed E-state index contributed by atoms with van der Waals surface area (Å²) in [4.78, 5) is 13.9. The lowest BCUT2D eigenvalue weighted by molar-refractivity contribution is 0.0815. The number of hydrogen-bond donors (Lipinski definition) is 3. The van der Waals surface area contributed by atoms with Gasteiger partial charge in [0.05, 0.1) is 29.9 Å². The summed E-state index contributed by atoms with van der Waals surface area (Å²) in [5.41, 5.74) is 9.19. The van der Waals surface area contributed by atoms with Crippen LogP contribution in [0.3, 0.4) is 0 Å². The Hall–Kier alpha value is -3.94. The molecule has 0 amide bonds. The molecule has 12 nitrogen and oxygen atoms in total. The van der Waals surface area contributed by atoms with Crippen molar-refractivity contribution in [3.8, 4) is 17.0 Å². The Morgan fingerprint density at radius 1 is 0.929 bits per heavy atom. The third-order valence-electron chi connectivity index (χ3n) is 8.33. The van der Waals surface area contributed by atoms with Gasteiger partial charge in [-0.2, -0.15) is 13.5 Å². The van der Waals surface area contributed by atoms with Gasteiger partial charge in [-0.25, -0.2) is 14.6 Å². The Bertz CT molecular complexity index is 1650. The van der Waals surface area contributed by atoms with E-state index in [-0.39, 0.29) is 6.04 Å². The molecule has 2 aromatic carbocycles. The summed E-state index contributed by atoms with van der Waals surface area (Å²) >= 11 is 0. The van der Waals surface area contributed by atoms with Gasteiger partial charge >= 0.3 is 10.2 Å². The summed E-state index contributed by atoms with van der Waals surface area (Å²) in [5.74, 6) is 0.694. The predicted octanol–water partition coefficient (Wildman–Crippen LogP) is 3.58. The average molecular weight is 592 g/mol. The van der Waals surface area contributed by atoms with Crippen LogP contribution in [0.5, 0.6) is 5.75 Å². The lowest BCUT2D eigenvalue weighted by Gasteiger charge is -2.41. The highest BCUT2D eigenvalue weighted by Gasteiger charge is 2.31. The van der Waals surface area contributed by atoms with Crippen LogP contribution in [0, 0.1) is 0 Å². The lowest BCUT2D eigenvalue weighted by atomic mass is 9.90. The summed E-state index contributed by atoms with van der Waals surface area (Å²) < 4.78 is 38.3. The SMILES string of the molecule is COc1cc(-c2nn(C3CCC(N4CCN(C)CC4)CC3)c3ncnc(N)c23)ccc1NS(=O)(=O)Nc1ccccc1. The van der Waals surface area contributed by atoms with Crippen molar-refractivity contribution in [3.05, 3.63) is 54.9 Å². The molecule has 4 aromatic rings. The number of benzene rings is 2. The minimum Gasteiger partial charge on any atom is -0.495 e. The molecular formula is C29H37N9O3S. The zero-order valence-electron chi connectivity index (χ0n) is 23.9. The summed E-state index contributed by atoms with van der Waals surface area (Å²) in [5, 5.41) is 5.71. The quantitative estimate of drug-likeness (QED) is 0.280. The van der Waals surface area contributed by atoms with Gasteiger partial charge in [0.25, 0.3) is 0 Å². The number of nitrogens with zero attached hydrogens (tertiary/aromatic N) is 6. The maximum absolute atomic E-state index is 12.8. The van der Waals surface area contributed by atoms with E-state index in [4.69, 9.17) is 15.6 Å². The van der Waals surface area contributed by atoms with E-state index >= 15 is 0 Å². The van der Waals surface area contributed by atoms with Gasteiger partial charge in [0.1, 0.15) is 23.6 Å². The molecule has 1 saturated heterocycles. The lowest BCUT2D eigenvalue weighted by Crippen LogP contribution is -2.49. The predicted molar refractivity (Wildman–Crippen MR) is 165 cm³/mol. The van der Waals surface area contributed by atoms with Crippen LogP contribution in [0.4, 0.5) is 17.2 Å². The van der Waals surface area contributed by atoms with Crippen molar-refractivity contribution in [2.24, 2.45) is 0 Å². The number of hydrogen-bond acceptors (Lipinski definition) is 9. The van der Waals surface area contributed by atoms with Gasteiger partial charge in [-0.05, 0) is 57.0 Å². The second kappa shape index (κ2) is 11.7. The number of nitrogen functional groups attached to an aromatic ring is 1. The number of aromatic nitrogens is 4. The molecule has 0 unspecified atom stereocenters. The minimum atomic E-state index is -3.91. The van der Waals surface area contributed by atoms with Crippen LogP contribution in [0.2, 0.25) is 0 Å². The van der Waals surface area contributed by atoms with Gasteiger partial charge in [0.2, 0.25) is 0 Å². The molecule has 2 aliphatic rings. The van der Waals surface area contributed by atoms with Crippen LogP contribution >= 0.6 is 0 Å². The number of rotatable bonds is 8. The molecule has 3 heterocycles. The fourth-order valence-corrected chi connectivity index (χ4v) is 7.02. The summed E-state index contributed by atoms with van der Waals surface area (Å²) in [6, 6.07) is 14.7. The Morgan fingerprint density at radius 2 is 1.64 bits per heavy atom. The largest absolute Gasteiger partial charge is 0.495 e. The number of nitrogens with two attached hydrogens (primary N) is 1. The first-order valence-electron chi connectivity index (χ1n) is 14.3. The van der Waals surface area contributed by atoms with E-state index in [1.54, 1.807) is 42.5 Å². The highest BCUT2D eigenvalue weighted by Crippen LogP contribution is 2.39. The third-order valence-corrected chi connectivity index (χ3v) is 9.32. The molecule has 13 heteroatoms. The van der Waals surface area contributed by atoms with Gasteiger partial charge in [0.15, 0.2) is 5.65 Å². The molecule has 2 aromatic heterocycles. The van der Waals surface area contributed by atoms with Crippen LogP contribution in [0.1, 0.15) is 31.7 Å². The van der Waals surface area contributed by atoms with E-state index in [1.165, 1.54) is 13.4 Å². The number of likely N-dealkylation sites (N-methyl/N-ethyl adjacent to an activating group) is 1. The van der Waals surface area contributed by atoms with Crippen molar-refractivity contribution < 1.29 is 13.2 Å². The number of nitrogens with one attached hydrogen (secondary N) is 2. The van der Waals surface area contributed by atoms with Crippen molar-refractivity contribution in [1.82, 2.24) is 29.5 Å². The number of anilines is 3. The smallest absolute Gasteiger partial charge is 0.321 e. The molecule has 42 heavy (non-hydrogen) atoms. The van der Waals surface area contributed by atoms with Crippen LogP contribution in [0.15, 0.2) is 54.9 Å². The summed E-state index contributed by atoms with van der Waals surface area (Å²) in [6.45, 7) is 4.49. The van der Waals surface area contributed by atoms with Gasteiger partial charge in [-0.1, -0.05) is 24.3 Å². The van der Waals surface area contributed by atoms with Gasteiger partial charge < -0.3 is 15.4 Å². The van der Waals surface area contributed by atoms with Crippen molar-refractivity contribution in [2.45, 2.75) is 37.8 Å². The first-order chi connectivity index (χ1) is 20.3. The summed E-state index contributed by atoms with van der Waals surface area (Å²) in [6.07, 6.45) is 5.73.